The molecule has 0 aliphatic heterocycles. The van der Waals surface area contributed by atoms with E-state index >= 15 is 0 Å². The van der Waals surface area contributed by atoms with Crippen LogP contribution in [0.4, 0.5) is 0 Å². The Morgan fingerprint density at radius 3 is 2.12 bits per heavy atom. The minimum Gasteiger partial charge on any atom is -0.120 e. The molecular formula is C17H12. The van der Waals surface area contributed by atoms with E-state index in [-0.39, 0.29) is 0 Å². The van der Waals surface area contributed by atoms with Crippen molar-refractivity contribution in [1.29, 1.82) is 0 Å². The molecule has 0 fully saturated rings. The summed E-state index contributed by atoms with van der Waals surface area (Å²) >= 11 is 0. The molecule has 2 aromatic rings. The lowest BCUT2D eigenvalue weighted by molar-refractivity contribution is 1.55. The SMILES string of the molecule is C=C=C1C=C(c2ccccc2)c2ccccc21. The number of hydrogen-bond donors (Lipinski definition) is 0. The van der Waals surface area contributed by atoms with E-state index in [9.17, 15) is 0 Å². The Morgan fingerprint density at radius 2 is 1.41 bits per heavy atom. The van der Waals surface area contributed by atoms with E-state index in [0.717, 1.165) is 5.57 Å². The van der Waals surface area contributed by atoms with E-state index in [1.54, 1.807) is 0 Å². The molecular weight excluding hydrogens is 204 g/mol. The minimum absolute atomic E-state index is 1.08. The van der Waals surface area contributed by atoms with E-state index in [4.69, 9.17) is 0 Å². The van der Waals surface area contributed by atoms with Gasteiger partial charge in [-0.3, -0.25) is 0 Å². The summed E-state index contributed by atoms with van der Waals surface area (Å²) in [4.78, 5) is 0. The summed E-state index contributed by atoms with van der Waals surface area (Å²) in [7, 11) is 0. The molecule has 1 aliphatic rings. The molecule has 0 saturated heterocycles. The van der Waals surface area contributed by atoms with Gasteiger partial charge in [-0.25, -0.2) is 0 Å². The van der Waals surface area contributed by atoms with Gasteiger partial charge in [-0.05, 0) is 28.3 Å². The first-order chi connectivity index (χ1) is 8.40. The van der Waals surface area contributed by atoms with Crippen molar-refractivity contribution in [1.82, 2.24) is 0 Å². The van der Waals surface area contributed by atoms with E-state index in [2.05, 4.69) is 66.9 Å². The van der Waals surface area contributed by atoms with E-state index in [1.165, 1.54) is 22.3 Å². The zero-order valence-electron chi connectivity index (χ0n) is 9.48. The summed E-state index contributed by atoms with van der Waals surface area (Å²) in [6, 6.07) is 18.8. The van der Waals surface area contributed by atoms with Crippen LogP contribution in [0.5, 0.6) is 0 Å². The number of allylic oxidation sites excluding steroid dienone is 2. The van der Waals surface area contributed by atoms with E-state index < -0.39 is 0 Å². The van der Waals surface area contributed by atoms with Gasteiger partial charge in [-0.1, -0.05) is 61.2 Å². The Hall–Kier alpha value is -2.30. The van der Waals surface area contributed by atoms with Crippen LogP contribution < -0.4 is 0 Å². The lowest BCUT2D eigenvalue weighted by Gasteiger charge is -2.04. The van der Waals surface area contributed by atoms with E-state index in [0.29, 0.717) is 0 Å². The minimum atomic E-state index is 1.08. The molecule has 0 nitrogen and oxygen atoms in total. The van der Waals surface area contributed by atoms with Crippen molar-refractivity contribution in [3.63, 3.8) is 0 Å². The topological polar surface area (TPSA) is 0 Å². The summed E-state index contributed by atoms with van der Waals surface area (Å²) < 4.78 is 0. The van der Waals surface area contributed by atoms with Crippen molar-refractivity contribution < 1.29 is 0 Å². The van der Waals surface area contributed by atoms with Gasteiger partial charge in [0, 0.05) is 5.57 Å². The maximum Gasteiger partial charge on any atom is 0.0243 e. The molecule has 17 heavy (non-hydrogen) atoms. The van der Waals surface area contributed by atoms with Gasteiger partial charge >= 0.3 is 0 Å². The molecule has 0 heteroatoms. The van der Waals surface area contributed by atoms with Crippen molar-refractivity contribution in [2.24, 2.45) is 0 Å². The zero-order valence-corrected chi connectivity index (χ0v) is 9.48. The summed E-state index contributed by atoms with van der Waals surface area (Å²) in [5.41, 5.74) is 9.08. The molecule has 1 aliphatic carbocycles. The zero-order chi connectivity index (χ0) is 11.7. The van der Waals surface area contributed by atoms with Crippen molar-refractivity contribution in [2.45, 2.75) is 0 Å². The van der Waals surface area contributed by atoms with Crippen LogP contribution in [-0.2, 0) is 0 Å². The van der Waals surface area contributed by atoms with Gasteiger partial charge in [-0.15, -0.1) is 5.73 Å². The van der Waals surface area contributed by atoms with Gasteiger partial charge in [0.15, 0.2) is 0 Å². The van der Waals surface area contributed by atoms with Crippen LogP contribution in [0.1, 0.15) is 16.7 Å². The standard InChI is InChI=1S/C17H12/c1-2-13-12-17(14-8-4-3-5-9-14)16-11-7-6-10-15(13)16/h3-12H,1H2. The Kier molecular flexibility index (Phi) is 2.29. The highest BCUT2D eigenvalue weighted by Crippen LogP contribution is 2.37. The number of fused-ring (bicyclic) bond motifs is 1. The normalized spacial score (nSPS) is 12.9. The van der Waals surface area contributed by atoms with Crippen molar-refractivity contribution in [3.05, 3.63) is 89.7 Å². The second-order valence-corrected chi connectivity index (χ2v) is 4.06. The van der Waals surface area contributed by atoms with Crippen LogP contribution in [0.15, 0.2) is 73.0 Å². The molecule has 80 valence electrons. The fraction of sp³-hybridized carbons (Fsp3) is 0. The second-order valence-electron chi connectivity index (χ2n) is 4.06. The largest absolute Gasteiger partial charge is 0.120 e. The van der Waals surface area contributed by atoms with Crippen molar-refractivity contribution >= 4 is 11.1 Å². The Morgan fingerprint density at radius 1 is 0.765 bits per heavy atom. The molecule has 0 aromatic heterocycles. The molecule has 2 aromatic carbocycles. The van der Waals surface area contributed by atoms with Crippen LogP contribution in [0.3, 0.4) is 0 Å². The van der Waals surface area contributed by atoms with Crippen LogP contribution in [0.25, 0.3) is 11.1 Å². The molecule has 0 spiro atoms. The molecule has 3 rings (SSSR count). The quantitative estimate of drug-likeness (QED) is 0.623. The van der Waals surface area contributed by atoms with Gasteiger partial charge in [0.1, 0.15) is 0 Å². The first-order valence-corrected chi connectivity index (χ1v) is 5.67. The number of hydrogen-bond acceptors (Lipinski definition) is 0. The highest BCUT2D eigenvalue weighted by atomic mass is 14.2. The average Bonchev–Trinajstić information content (AvgIpc) is 2.78. The van der Waals surface area contributed by atoms with Crippen molar-refractivity contribution in [2.75, 3.05) is 0 Å². The predicted molar refractivity (Wildman–Crippen MR) is 72.5 cm³/mol. The van der Waals surface area contributed by atoms with Crippen LogP contribution >= 0.6 is 0 Å². The summed E-state index contributed by atoms with van der Waals surface area (Å²) in [5, 5.41) is 0. The molecule has 0 heterocycles. The van der Waals surface area contributed by atoms with Gasteiger partial charge in [0.05, 0.1) is 0 Å². The third-order valence-electron chi connectivity index (χ3n) is 3.07. The Balaban J connectivity index is 2.24. The summed E-state index contributed by atoms with van der Waals surface area (Å²) in [6.07, 6.45) is 2.16. The van der Waals surface area contributed by atoms with Gasteiger partial charge < -0.3 is 0 Å². The third-order valence-corrected chi connectivity index (χ3v) is 3.07. The number of benzene rings is 2. The highest BCUT2D eigenvalue weighted by Gasteiger charge is 2.18. The maximum absolute atomic E-state index is 3.76. The van der Waals surface area contributed by atoms with Crippen molar-refractivity contribution in [3.8, 4) is 0 Å². The molecule has 0 amide bonds. The Bertz CT molecular complexity index is 639. The highest BCUT2D eigenvalue weighted by molar-refractivity contribution is 6.00. The monoisotopic (exact) mass is 216 g/mol. The lowest BCUT2D eigenvalue weighted by atomic mass is 9.99. The van der Waals surface area contributed by atoms with Crippen LogP contribution in [-0.4, -0.2) is 0 Å². The molecule has 0 bridgehead atoms. The van der Waals surface area contributed by atoms with Gasteiger partial charge in [0.2, 0.25) is 0 Å². The molecule has 0 radical (unpaired) electrons. The second kappa shape index (κ2) is 3.93. The fourth-order valence-corrected chi connectivity index (χ4v) is 2.26. The summed E-state index contributed by atoms with van der Waals surface area (Å²) in [6.45, 7) is 3.76. The smallest absolute Gasteiger partial charge is 0.0243 e. The Labute approximate surface area is 101 Å². The first-order valence-electron chi connectivity index (χ1n) is 5.67. The van der Waals surface area contributed by atoms with Gasteiger partial charge in [0.25, 0.3) is 0 Å². The molecule has 0 atom stereocenters. The predicted octanol–water partition coefficient (Wildman–Crippen LogP) is 4.30. The maximum atomic E-state index is 3.76. The fourth-order valence-electron chi connectivity index (χ4n) is 2.26. The van der Waals surface area contributed by atoms with Gasteiger partial charge in [-0.2, -0.15) is 0 Å². The molecule has 0 unspecified atom stereocenters. The first kappa shape index (κ1) is 9.89. The summed E-state index contributed by atoms with van der Waals surface area (Å²) in [5.74, 6) is 0. The molecule has 0 saturated carbocycles. The lowest BCUT2D eigenvalue weighted by Crippen LogP contribution is -1.85. The van der Waals surface area contributed by atoms with E-state index in [1.807, 2.05) is 6.07 Å². The van der Waals surface area contributed by atoms with Crippen LogP contribution in [0, 0.1) is 0 Å². The van der Waals surface area contributed by atoms with Crippen LogP contribution in [0.2, 0.25) is 0 Å². The third kappa shape index (κ3) is 1.56. The average molecular weight is 216 g/mol. The molecule has 0 N–H and O–H groups in total. The number of rotatable bonds is 1.